The van der Waals surface area contributed by atoms with E-state index in [2.05, 4.69) is 15.5 Å². The summed E-state index contributed by atoms with van der Waals surface area (Å²) in [7, 11) is 0. The number of aromatic nitrogens is 3. The highest BCUT2D eigenvalue weighted by Gasteiger charge is 2.26. The summed E-state index contributed by atoms with van der Waals surface area (Å²) < 4.78 is 2.04. The molecule has 0 aromatic carbocycles. The summed E-state index contributed by atoms with van der Waals surface area (Å²) in [6.45, 7) is 1.90. The first-order valence-corrected chi connectivity index (χ1v) is 5.74. The van der Waals surface area contributed by atoms with Gasteiger partial charge in [-0.05, 0) is 31.9 Å². The summed E-state index contributed by atoms with van der Waals surface area (Å²) >= 11 is 0. The topological polar surface area (TPSA) is 62.7 Å². The zero-order chi connectivity index (χ0) is 11.8. The van der Waals surface area contributed by atoms with Crippen molar-refractivity contribution in [2.75, 3.05) is 5.32 Å². The first-order valence-electron chi connectivity index (χ1n) is 5.74. The Labute approximate surface area is 98.8 Å². The largest absolute Gasteiger partial charge is 0.340 e. The Balaban J connectivity index is 1.79. The molecule has 1 aliphatic rings. The van der Waals surface area contributed by atoms with Crippen molar-refractivity contribution < 1.29 is 4.79 Å². The fraction of sp³-hybridized carbons (Fsp3) is 0.333. The van der Waals surface area contributed by atoms with Gasteiger partial charge < -0.3 is 9.88 Å². The summed E-state index contributed by atoms with van der Waals surface area (Å²) in [6, 6.07) is 6.06. The Morgan fingerprint density at radius 2 is 2.41 bits per heavy atom. The third-order valence-corrected chi connectivity index (χ3v) is 2.90. The van der Waals surface area contributed by atoms with Crippen LogP contribution in [0.2, 0.25) is 0 Å². The number of carbonyl (C=O) groups is 1. The Morgan fingerprint density at radius 3 is 3.06 bits per heavy atom. The molecule has 5 nitrogen and oxygen atoms in total. The van der Waals surface area contributed by atoms with Crippen LogP contribution in [0.15, 0.2) is 24.4 Å². The summed E-state index contributed by atoms with van der Waals surface area (Å²) in [6.07, 6.45) is 4.29. The number of nitrogens with one attached hydrogen (secondary N) is 2. The van der Waals surface area contributed by atoms with Gasteiger partial charge >= 0.3 is 0 Å². The normalized spacial score (nSPS) is 14.9. The second kappa shape index (κ2) is 3.76. The number of hydrogen-bond donors (Lipinski definition) is 2. The highest BCUT2D eigenvalue weighted by Crippen LogP contribution is 2.36. The van der Waals surface area contributed by atoms with Crippen LogP contribution in [-0.2, 0) is 0 Å². The summed E-state index contributed by atoms with van der Waals surface area (Å²) in [4.78, 5) is 12.1. The Bertz CT molecular complexity index is 550. The zero-order valence-electron chi connectivity index (χ0n) is 9.60. The van der Waals surface area contributed by atoms with Crippen LogP contribution in [-0.4, -0.2) is 20.7 Å². The Kier molecular flexibility index (Phi) is 2.24. The molecule has 1 fully saturated rings. The third-order valence-electron chi connectivity index (χ3n) is 2.90. The van der Waals surface area contributed by atoms with Gasteiger partial charge in [0, 0.05) is 24.0 Å². The minimum absolute atomic E-state index is 0.103. The van der Waals surface area contributed by atoms with Crippen LogP contribution in [0.25, 0.3) is 0 Å². The van der Waals surface area contributed by atoms with Gasteiger partial charge in [0.25, 0.3) is 5.91 Å². The number of hydrogen-bond acceptors (Lipinski definition) is 2. The number of anilines is 1. The molecule has 2 aromatic rings. The molecule has 0 radical (unpaired) electrons. The highest BCUT2D eigenvalue weighted by molar-refractivity contribution is 6.02. The van der Waals surface area contributed by atoms with Crippen LogP contribution in [0.5, 0.6) is 0 Å². The van der Waals surface area contributed by atoms with E-state index in [0.29, 0.717) is 17.6 Å². The molecule has 0 bridgehead atoms. The molecule has 5 heteroatoms. The Hall–Kier alpha value is -2.04. The molecule has 0 aliphatic heterocycles. The van der Waals surface area contributed by atoms with Gasteiger partial charge in [0.1, 0.15) is 5.69 Å². The molecular formula is C12H14N4O. The fourth-order valence-corrected chi connectivity index (χ4v) is 1.92. The quantitative estimate of drug-likeness (QED) is 0.848. The van der Waals surface area contributed by atoms with Gasteiger partial charge in [0.05, 0.1) is 0 Å². The number of H-pyrrole nitrogens is 1. The molecule has 0 spiro atoms. The number of rotatable bonds is 3. The second-order valence-electron chi connectivity index (χ2n) is 4.42. The lowest BCUT2D eigenvalue weighted by atomic mass is 10.4. The van der Waals surface area contributed by atoms with E-state index in [1.807, 2.05) is 35.9 Å². The van der Waals surface area contributed by atoms with Gasteiger partial charge in [-0.3, -0.25) is 9.89 Å². The fourth-order valence-electron chi connectivity index (χ4n) is 1.92. The average molecular weight is 230 g/mol. The van der Waals surface area contributed by atoms with Gasteiger partial charge in [-0.15, -0.1) is 0 Å². The van der Waals surface area contributed by atoms with Crippen molar-refractivity contribution in [3.8, 4) is 0 Å². The second-order valence-corrected chi connectivity index (χ2v) is 4.42. The molecule has 0 unspecified atom stereocenters. The molecule has 1 aliphatic carbocycles. The van der Waals surface area contributed by atoms with E-state index in [4.69, 9.17) is 0 Å². The molecular weight excluding hydrogens is 216 g/mol. The van der Waals surface area contributed by atoms with E-state index < -0.39 is 0 Å². The maximum absolute atomic E-state index is 12.1. The molecule has 88 valence electrons. The van der Waals surface area contributed by atoms with Gasteiger partial charge in [0.2, 0.25) is 0 Å². The smallest absolute Gasteiger partial charge is 0.273 e. The molecule has 0 saturated heterocycles. The maximum atomic E-state index is 12.1. The van der Waals surface area contributed by atoms with E-state index in [9.17, 15) is 4.79 Å². The van der Waals surface area contributed by atoms with E-state index >= 15 is 0 Å². The van der Waals surface area contributed by atoms with Crippen LogP contribution in [0.3, 0.4) is 0 Å². The first kappa shape index (κ1) is 10.1. The molecule has 0 atom stereocenters. The molecule has 1 amide bonds. The van der Waals surface area contributed by atoms with E-state index in [1.165, 1.54) is 0 Å². The van der Waals surface area contributed by atoms with Crippen LogP contribution < -0.4 is 5.32 Å². The third kappa shape index (κ3) is 1.95. The number of nitrogens with zero attached hydrogens (tertiary/aromatic N) is 2. The average Bonchev–Trinajstić information content (AvgIpc) is 2.88. The van der Waals surface area contributed by atoms with Gasteiger partial charge in [0.15, 0.2) is 5.82 Å². The SMILES string of the molecule is Cc1cc(NC(=O)c2cccn2C2CC2)n[nH]1. The van der Waals surface area contributed by atoms with Crippen LogP contribution in [0, 0.1) is 6.92 Å². The lowest BCUT2D eigenvalue weighted by Gasteiger charge is -2.06. The Morgan fingerprint density at radius 1 is 1.59 bits per heavy atom. The van der Waals surface area contributed by atoms with Crippen LogP contribution >= 0.6 is 0 Å². The lowest BCUT2D eigenvalue weighted by molar-refractivity contribution is 0.101. The van der Waals surface area contributed by atoms with Crippen molar-refractivity contribution in [2.45, 2.75) is 25.8 Å². The molecule has 3 rings (SSSR count). The highest BCUT2D eigenvalue weighted by atomic mass is 16.2. The lowest BCUT2D eigenvalue weighted by Crippen LogP contribution is -2.16. The summed E-state index contributed by atoms with van der Waals surface area (Å²) in [5.74, 6) is 0.462. The van der Waals surface area contributed by atoms with E-state index in [1.54, 1.807) is 0 Å². The summed E-state index contributed by atoms with van der Waals surface area (Å²) in [5, 5.41) is 9.57. The predicted octanol–water partition coefficient (Wildman–Crippen LogP) is 2.11. The number of aromatic amines is 1. The number of aryl methyl sites for hydroxylation is 1. The van der Waals surface area contributed by atoms with E-state index in [0.717, 1.165) is 18.5 Å². The van der Waals surface area contributed by atoms with Gasteiger partial charge in [-0.1, -0.05) is 0 Å². The predicted molar refractivity (Wildman–Crippen MR) is 64.0 cm³/mol. The van der Waals surface area contributed by atoms with Crippen LogP contribution in [0.4, 0.5) is 5.82 Å². The molecule has 2 aromatic heterocycles. The molecule has 1 saturated carbocycles. The van der Waals surface area contributed by atoms with Crippen molar-refractivity contribution >= 4 is 11.7 Å². The molecule has 17 heavy (non-hydrogen) atoms. The van der Waals surface area contributed by atoms with Gasteiger partial charge in [-0.25, -0.2) is 0 Å². The van der Waals surface area contributed by atoms with Crippen molar-refractivity contribution in [1.29, 1.82) is 0 Å². The number of carbonyl (C=O) groups excluding carboxylic acids is 1. The minimum atomic E-state index is -0.103. The van der Waals surface area contributed by atoms with Crippen LogP contribution in [0.1, 0.15) is 35.1 Å². The maximum Gasteiger partial charge on any atom is 0.273 e. The van der Waals surface area contributed by atoms with Gasteiger partial charge in [-0.2, -0.15) is 5.10 Å². The van der Waals surface area contributed by atoms with Crippen molar-refractivity contribution in [3.63, 3.8) is 0 Å². The first-order chi connectivity index (χ1) is 8.24. The monoisotopic (exact) mass is 230 g/mol. The van der Waals surface area contributed by atoms with Crippen molar-refractivity contribution in [2.24, 2.45) is 0 Å². The molecule has 2 heterocycles. The molecule has 2 N–H and O–H groups in total. The van der Waals surface area contributed by atoms with Crippen molar-refractivity contribution in [1.82, 2.24) is 14.8 Å². The zero-order valence-corrected chi connectivity index (χ0v) is 9.60. The summed E-state index contributed by atoms with van der Waals surface area (Å²) in [5.41, 5.74) is 1.63. The van der Waals surface area contributed by atoms with Crippen molar-refractivity contribution in [3.05, 3.63) is 35.8 Å². The number of amides is 1. The standard InChI is InChI=1S/C12H14N4O/c1-8-7-11(15-14-8)13-12(17)10-3-2-6-16(10)9-4-5-9/h2-3,6-7,9H,4-5H2,1H3,(H2,13,14,15,17). The minimum Gasteiger partial charge on any atom is -0.340 e. The van der Waals surface area contributed by atoms with E-state index in [-0.39, 0.29) is 5.91 Å².